The molecule has 0 aliphatic rings. The summed E-state index contributed by atoms with van der Waals surface area (Å²) in [5.74, 6) is 1.06. The van der Waals surface area contributed by atoms with Gasteiger partial charge in [0.15, 0.2) is 11.5 Å². The molecule has 1 aromatic carbocycles. The maximum Gasteiger partial charge on any atom is 0.161 e. The third-order valence-electron chi connectivity index (χ3n) is 2.62. The second kappa shape index (κ2) is 7.99. The van der Waals surface area contributed by atoms with E-state index in [4.69, 9.17) is 14.2 Å². The molecule has 0 aliphatic carbocycles. The van der Waals surface area contributed by atoms with Crippen molar-refractivity contribution in [2.75, 3.05) is 26.9 Å². The van der Waals surface area contributed by atoms with Crippen LogP contribution in [0.3, 0.4) is 0 Å². The van der Waals surface area contributed by atoms with E-state index >= 15 is 0 Å². The monoisotopic (exact) mass is 270 g/mol. The molecule has 0 fully saturated rings. The lowest BCUT2D eigenvalue weighted by Gasteiger charge is -2.15. The zero-order chi connectivity index (χ0) is 14.3. The van der Waals surface area contributed by atoms with E-state index in [1.165, 1.54) is 7.11 Å². The van der Waals surface area contributed by atoms with Gasteiger partial charge in [0.25, 0.3) is 0 Å². The minimum Gasteiger partial charge on any atom is -0.493 e. The minimum absolute atomic E-state index is 0.129. The molecule has 2 atom stereocenters. The molecule has 1 rings (SSSR count). The lowest BCUT2D eigenvalue weighted by Crippen LogP contribution is -2.23. The van der Waals surface area contributed by atoms with Crippen molar-refractivity contribution in [2.24, 2.45) is 0 Å². The zero-order valence-corrected chi connectivity index (χ0v) is 11.6. The summed E-state index contributed by atoms with van der Waals surface area (Å²) in [6.45, 7) is 4.48. The average Bonchev–Trinajstić information content (AvgIpc) is 2.42. The Kier molecular flexibility index (Phi) is 6.62. The zero-order valence-electron chi connectivity index (χ0n) is 11.6. The highest BCUT2D eigenvalue weighted by Crippen LogP contribution is 2.30. The molecule has 1 aromatic rings. The van der Waals surface area contributed by atoms with Crippen LogP contribution in [0, 0.1) is 0 Å². The molecule has 0 amide bonds. The standard InChI is InChI=1S/C14H22O5/c1-4-18-8-12(16)9-19-13-6-5-11(10(2)15)7-14(13)17-3/h5-7,10,12,15-16H,4,8-9H2,1-3H3/t10-,12?/m1/s1. The predicted molar refractivity (Wildman–Crippen MR) is 71.6 cm³/mol. The number of benzene rings is 1. The predicted octanol–water partition coefficient (Wildman–Crippen LogP) is 1.52. The molecule has 5 heteroatoms. The first-order chi connectivity index (χ1) is 9.08. The van der Waals surface area contributed by atoms with Gasteiger partial charge in [-0.1, -0.05) is 6.07 Å². The fourth-order valence-electron chi connectivity index (χ4n) is 1.55. The second-order valence-corrected chi connectivity index (χ2v) is 4.21. The number of rotatable bonds is 8. The molecule has 5 nitrogen and oxygen atoms in total. The van der Waals surface area contributed by atoms with Gasteiger partial charge in [-0.3, -0.25) is 0 Å². The highest BCUT2D eigenvalue weighted by molar-refractivity contribution is 5.43. The molecule has 0 bridgehead atoms. The van der Waals surface area contributed by atoms with Gasteiger partial charge in [0, 0.05) is 6.61 Å². The van der Waals surface area contributed by atoms with E-state index in [0.29, 0.717) is 18.1 Å². The van der Waals surface area contributed by atoms with Crippen molar-refractivity contribution in [3.05, 3.63) is 23.8 Å². The fraction of sp³-hybridized carbons (Fsp3) is 0.571. The summed E-state index contributed by atoms with van der Waals surface area (Å²) < 4.78 is 15.8. The highest BCUT2D eigenvalue weighted by Gasteiger charge is 2.11. The van der Waals surface area contributed by atoms with Crippen molar-refractivity contribution < 1.29 is 24.4 Å². The van der Waals surface area contributed by atoms with Crippen LogP contribution in [0.5, 0.6) is 11.5 Å². The van der Waals surface area contributed by atoms with Crippen LogP contribution < -0.4 is 9.47 Å². The maximum atomic E-state index is 9.62. The minimum atomic E-state index is -0.680. The fourth-order valence-corrected chi connectivity index (χ4v) is 1.55. The quantitative estimate of drug-likeness (QED) is 0.749. The smallest absolute Gasteiger partial charge is 0.161 e. The topological polar surface area (TPSA) is 68.2 Å². The van der Waals surface area contributed by atoms with Crippen LogP contribution >= 0.6 is 0 Å². The highest BCUT2D eigenvalue weighted by atomic mass is 16.5. The van der Waals surface area contributed by atoms with Crippen molar-refractivity contribution in [3.63, 3.8) is 0 Å². The van der Waals surface area contributed by atoms with Gasteiger partial charge in [0.2, 0.25) is 0 Å². The van der Waals surface area contributed by atoms with Crippen molar-refractivity contribution in [1.82, 2.24) is 0 Å². The van der Waals surface area contributed by atoms with Crippen LogP contribution in [0.2, 0.25) is 0 Å². The van der Waals surface area contributed by atoms with Crippen LogP contribution in [0.1, 0.15) is 25.5 Å². The number of methoxy groups -OCH3 is 1. The van der Waals surface area contributed by atoms with E-state index < -0.39 is 12.2 Å². The molecular formula is C14H22O5. The van der Waals surface area contributed by atoms with E-state index in [0.717, 1.165) is 5.56 Å². The molecule has 2 N–H and O–H groups in total. The number of ether oxygens (including phenoxy) is 3. The average molecular weight is 270 g/mol. The van der Waals surface area contributed by atoms with Gasteiger partial charge in [-0.15, -0.1) is 0 Å². The molecule has 0 saturated heterocycles. The normalized spacial score (nSPS) is 13.9. The van der Waals surface area contributed by atoms with E-state index in [-0.39, 0.29) is 13.2 Å². The number of hydrogen-bond donors (Lipinski definition) is 2. The van der Waals surface area contributed by atoms with Crippen molar-refractivity contribution in [2.45, 2.75) is 26.1 Å². The Labute approximate surface area is 113 Å². The second-order valence-electron chi connectivity index (χ2n) is 4.21. The van der Waals surface area contributed by atoms with E-state index in [1.807, 2.05) is 6.92 Å². The van der Waals surface area contributed by atoms with Crippen LogP contribution in [-0.2, 0) is 4.74 Å². The van der Waals surface area contributed by atoms with E-state index in [2.05, 4.69) is 0 Å². The van der Waals surface area contributed by atoms with Gasteiger partial charge < -0.3 is 24.4 Å². The van der Waals surface area contributed by atoms with Gasteiger partial charge in [-0.2, -0.15) is 0 Å². The third-order valence-corrected chi connectivity index (χ3v) is 2.62. The van der Waals surface area contributed by atoms with Gasteiger partial charge in [0.05, 0.1) is 19.8 Å². The molecule has 0 aliphatic heterocycles. The van der Waals surface area contributed by atoms with Crippen LogP contribution in [0.15, 0.2) is 18.2 Å². The van der Waals surface area contributed by atoms with E-state index in [9.17, 15) is 10.2 Å². The van der Waals surface area contributed by atoms with Crippen molar-refractivity contribution in [3.8, 4) is 11.5 Å². The van der Waals surface area contributed by atoms with Gasteiger partial charge >= 0.3 is 0 Å². The summed E-state index contributed by atoms with van der Waals surface area (Å²) in [4.78, 5) is 0. The Morgan fingerprint density at radius 1 is 1.16 bits per heavy atom. The van der Waals surface area contributed by atoms with Crippen LogP contribution in [-0.4, -0.2) is 43.2 Å². The van der Waals surface area contributed by atoms with Crippen LogP contribution in [0.25, 0.3) is 0 Å². The first-order valence-electron chi connectivity index (χ1n) is 6.33. The molecule has 19 heavy (non-hydrogen) atoms. The molecular weight excluding hydrogens is 248 g/mol. The first-order valence-corrected chi connectivity index (χ1v) is 6.33. The van der Waals surface area contributed by atoms with Crippen LogP contribution in [0.4, 0.5) is 0 Å². The summed E-state index contributed by atoms with van der Waals surface area (Å²) in [6, 6.07) is 5.20. The van der Waals surface area contributed by atoms with E-state index in [1.54, 1.807) is 25.1 Å². The lowest BCUT2D eigenvalue weighted by molar-refractivity contribution is 0.0159. The molecule has 108 valence electrons. The SMILES string of the molecule is CCOCC(O)COc1ccc([C@@H](C)O)cc1OC. The summed E-state index contributed by atoms with van der Waals surface area (Å²) in [7, 11) is 1.53. The largest absolute Gasteiger partial charge is 0.493 e. The van der Waals surface area contributed by atoms with Gasteiger partial charge in [-0.25, -0.2) is 0 Å². The molecule has 0 heterocycles. The Hall–Kier alpha value is -1.30. The summed E-state index contributed by atoms with van der Waals surface area (Å²) in [5.41, 5.74) is 0.749. The lowest BCUT2D eigenvalue weighted by atomic mass is 10.1. The Morgan fingerprint density at radius 2 is 1.89 bits per heavy atom. The Morgan fingerprint density at radius 3 is 2.47 bits per heavy atom. The summed E-state index contributed by atoms with van der Waals surface area (Å²) in [6.07, 6.45) is -1.24. The Balaban J connectivity index is 2.62. The molecule has 0 aromatic heterocycles. The number of aliphatic hydroxyl groups excluding tert-OH is 2. The van der Waals surface area contributed by atoms with Crippen molar-refractivity contribution >= 4 is 0 Å². The molecule has 0 radical (unpaired) electrons. The molecule has 1 unspecified atom stereocenters. The first kappa shape index (κ1) is 15.8. The van der Waals surface area contributed by atoms with Gasteiger partial charge in [0.1, 0.15) is 12.7 Å². The number of hydrogen-bond acceptors (Lipinski definition) is 5. The summed E-state index contributed by atoms with van der Waals surface area (Å²) in [5, 5.41) is 19.1. The number of aliphatic hydroxyl groups is 2. The Bertz CT molecular complexity index is 378. The third kappa shape index (κ3) is 5.06. The van der Waals surface area contributed by atoms with Crippen molar-refractivity contribution in [1.29, 1.82) is 0 Å². The molecule has 0 saturated carbocycles. The molecule has 0 spiro atoms. The summed E-state index contributed by atoms with van der Waals surface area (Å²) >= 11 is 0. The maximum absolute atomic E-state index is 9.62. The van der Waals surface area contributed by atoms with Gasteiger partial charge in [-0.05, 0) is 31.5 Å².